The molecule has 0 aliphatic carbocycles. The summed E-state index contributed by atoms with van der Waals surface area (Å²) in [5.41, 5.74) is 2.68. The van der Waals surface area contributed by atoms with Gasteiger partial charge in [-0.05, 0) is 61.3 Å². The number of aliphatic hydroxyl groups excluding tert-OH is 1. The first kappa shape index (κ1) is 22.5. The van der Waals surface area contributed by atoms with E-state index >= 15 is 0 Å². The lowest BCUT2D eigenvalue weighted by atomic mass is 9.74. The van der Waals surface area contributed by atoms with Gasteiger partial charge in [0.05, 0.1) is 6.61 Å². The Morgan fingerprint density at radius 3 is 2.44 bits per heavy atom. The second-order valence-corrected chi connectivity index (χ2v) is 9.09. The zero-order chi connectivity index (χ0) is 22.7. The Morgan fingerprint density at radius 2 is 1.78 bits per heavy atom. The van der Waals surface area contributed by atoms with Crippen molar-refractivity contribution in [1.82, 2.24) is 9.80 Å². The maximum atomic E-state index is 13.3. The van der Waals surface area contributed by atoms with E-state index in [0.29, 0.717) is 24.6 Å². The van der Waals surface area contributed by atoms with Crippen molar-refractivity contribution in [1.29, 1.82) is 0 Å². The Bertz CT molecular complexity index is 991. The summed E-state index contributed by atoms with van der Waals surface area (Å²) < 4.78 is 13.3. The molecule has 0 saturated carbocycles. The summed E-state index contributed by atoms with van der Waals surface area (Å²) in [5.74, 6) is 6.48. The highest BCUT2D eigenvalue weighted by atomic mass is 19.1. The molecule has 2 aromatic rings. The highest BCUT2D eigenvalue weighted by molar-refractivity contribution is 5.94. The summed E-state index contributed by atoms with van der Waals surface area (Å²) in [4.78, 5) is 17.4. The second kappa shape index (κ2) is 9.85. The molecule has 0 spiro atoms. The zero-order valence-electron chi connectivity index (χ0n) is 18.8. The van der Waals surface area contributed by atoms with Crippen LogP contribution in [0.4, 0.5) is 4.39 Å². The van der Waals surface area contributed by atoms with Crippen LogP contribution in [0.15, 0.2) is 48.5 Å². The Morgan fingerprint density at radius 1 is 1.09 bits per heavy atom. The molecule has 4 rings (SSSR count). The van der Waals surface area contributed by atoms with Crippen LogP contribution in [0.1, 0.15) is 54.1 Å². The molecule has 2 aliphatic rings. The molecule has 3 atom stereocenters. The Hall–Kier alpha value is -2.68. The van der Waals surface area contributed by atoms with Crippen molar-refractivity contribution >= 4 is 5.91 Å². The van der Waals surface area contributed by atoms with E-state index in [4.69, 9.17) is 0 Å². The molecule has 1 amide bonds. The first-order valence-electron chi connectivity index (χ1n) is 11.5. The van der Waals surface area contributed by atoms with Crippen LogP contribution in [0.3, 0.4) is 0 Å². The molecule has 5 heteroatoms. The van der Waals surface area contributed by atoms with E-state index in [1.165, 1.54) is 17.7 Å². The van der Waals surface area contributed by atoms with Crippen molar-refractivity contribution in [2.75, 3.05) is 26.2 Å². The van der Waals surface area contributed by atoms with Gasteiger partial charge in [0.2, 0.25) is 0 Å². The predicted molar refractivity (Wildman–Crippen MR) is 124 cm³/mol. The Labute approximate surface area is 190 Å². The zero-order valence-corrected chi connectivity index (χ0v) is 18.8. The van der Waals surface area contributed by atoms with Crippen LogP contribution >= 0.6 is 0 Å². The molecule has 0 bridgehead atoms. The third-order valence-electron chi connectivity index (χ3n) is 6.55. The number of carbonyl (C=O) groups excluding carboxylic acids is 1. The lowest BCUT2D eigenvalue weighted by molar-refractivity contribution is -0.0606. The van der Waals surface area contributed by atoms with Crippen LogP contribution in [-0.4, -0.2) is 59.1 Å². The summed E-state index contributed by atoms with van der Waals surface area (Å²) in [6, 6.07) is 14.3. The SMILES string of the molecule is CC(C)C#Cc1ccc([C@@H]2[C@H](CO)N3CCCCN(C(=O)c4ccc(F)cc4)C[C@@H]23)cc1. The number of amides is 1. The monoisotopic (exact) mass is 434 g/mol. The second-order valence-electron chi connectivity index (χ2n) is 9.09. The quantitative estimate of drug-likeness (QED) is 0.746. The first-order valence-corrected chi connectivity index (χ1v) is 11.5. The molecule has 32 heavy (non-hydrogen) atoms. The summed E-state index contributed by atoms with van der Waals surface area (Å²) in [6.07, 6.45) is 1.90. The first-order chi connectivity index (χ1) is 15.5. The molecular weight excluding hydrogens is 403 g/mol. The fraction of sp³-hybridized carbons (Fsp3) is 0.444. The minimum atomic E-state index is -0.341. The molecule has 2 aromatic carbocycles. The minimum Gasteiger partial charge on any atom is -0.395 e. The average Bonchev–Trinajstić information content (AvgIpc) is 2.77. The highest BCUT2D eigenvalue weighted by Gasteiger charge is 2.49. The molecule has 2 saturated heterocycles. The van der Waals surface area contributed by atoms with E-state index in [-0.39, 0.29) is 36.3 Å². The number of carbonyl (C=O) groups is 1. The molecule has 1 N–H and O–H groups in total. The van der Waals surface area contributed by atoms with Crippen molar-refractivity contribution in [2.24, 2.45) is 5.92 Å². The lowest BCUT2D eigenvalue weighted by Gasteiger charge is -2.57. The van der Waals surface area contributed by atoms with E-state index in [1.54, 1.807) is 12.1 Å². The predicted octanol–water partition coefficient (Wildman–Crippen LogP) is 3.90. The van der Waals surface area contributed by atoms with E-state index in [0.717, 1.165) is 24.9 Å². The van der Waals surface area contributed by atoms with Crippen molar-refractivity contribution in [3.05, 3.63) is 71.0 Å². The van der Waals surface area contributed by atoms with Crippen LogP contribution in [0, 0.1) is 23.6 Å². The van der Waals surface area contributed by atoms with Crippen molar-refractivity contribution in [3.8, 4) is 11.8 Å². The molecular formula is C27H31FN2O2. The number of fused-ring (bicyclic) bond motifs is 1. The van der Waals surface area contributed by atoms with Gasteiger partial charge in [0.25, 0.3) is 5.91 Å². The lowest BCUT2D eigenvalue weighted by Crippen LogP contribution is -2.67. The molecule has 2 aliphatic heterocycles. The van der Waals surface area contributed by atoms with Crippen LogP contribution in [0.2, 0.25) is 0 Å². The number of hydrogen-bond donors (Lipinski definition) is 1. The fourth-order valence-electron chi connectivity index (χ4n) is 4.92. The Kier molecular flexibility index (Phi) is 6.93. The smallest absolute Gasteiger partial charge is 0.253 e. The maximum Gasteiger partial charge on any atom is 0.253 e. The summed E-state index contributed by atoms with van der Waals surface area (Å²) in [6.45, 7) is 6.48. The summed E-state index contributed by atoms with van der Waals surface area (Å²) >= 11 is 0. The van der Waals surface area contributed by atoms with E-state index in [9.17, 15) is 14.3 Å². The van der Waals surface area contributed by atoms with Crippen LogP contribution < -0.4 is 0 Å². The van der Waals surface area contributed by atoms with Crippen molar-refractivity contribution in [3.63, 3.8) is 0 Å². The van der Waals surface area contributed by atoms with Gasteiger partial charge in [-0.15, -0.1) is 0 Å². The molecule has 2 fully saturated rings. The number of benzene rings is 2. The largest absolute Gasteiger partial charge is 0.395 e. The summed E-state index contributed by atoms with van der Waals surface area (Å²) in [7, 11) is 0. The van der Waals surface area contributed by atoms with Gasteiger partial charge in [-0.2, -0.15) is 0 Å². The number of rotatable bonds is 3. The van der Waals surface area contributed by atoms with Gasteiger partial charge in [-0.1, -0.05) is 37.8 Å². The van der Waals surface area contributed by atoms with Gasteiger partial charge in [-0.25, -0.2) is 4.39 Å². The molecule has 4 nitrogen and oxygen atoms in total. The van der Waals surface area contributed by atoms with Crippen molar-refractivity contribution < 1.29 is 14.3 Å². The van der Waals surface area contributed by atoms with Gasteiger partial charge in [0.15, 0.2) is 0 Å². The molecule has 168 valence electrons. The van der Waals surface area contributed by atoms with Crippen LogP contribution in [-0.2, 0) is 0 Å². The van der Waals surface area contributed by atoms with E-state index in [2.05, 4.69) is 42.7 Å². The molecule has 2 heterocycles. The van der Waals surface area contributed by atoms with Crippen molar-refractivity contribution in [2.45, 2.75) is 44.7 Å². The average molecular weight is 435 g/mol. The van der Waals surface area contributed by atoms with Crippen LogP contribution in [0.5, 0.6) is 0 Å². The summed E-state index contributed by atoms with van der Waals surface area (Å²) in [5, 5.41) is 10.1. The number of aliphatic hydroxyl groups is 1. The third kappa shape index (κ3) is 4.72. The standard InChI is InChI=1S/C27H31FN2O2/c1-19(2)5-6-20-7-9-21(10-8-20)26-24-17-29(15-3-4-16-30(24)25(26)18-31)27(32)22-11-13-23(28)14-12-22/h7-14,19,24-26,31H,3-4,15-18H2,1-2H3/t24-,25-,26-/m0/s1. The molecule has 0 aromatic heterocycles. The molecule has 0 unspecified atom stereocenters. The molecule has 0 radical (unpaired) electrons. The number of nitrogens with zero attached hydrogens (tertiary/aromatic N) is 2. The third-order valence-corrected chi connectivity index (χ3v) is 6.55. The van der Waals surface area contributed by atoms with E-state index < -0.39 is 0 Å². The normalized spacial score (nSPS) is 23.4. The van der Waals surface area contributed by atoms with Gasteiger partial charge < -0.3 is 10.0 Å². The van der Waals surface area contributed by atoms with E-state index in [1.807, 2.05) is 17.0 Å². The van der Waals surface area contributed by atoms with Gasteiger partial charge in [0.1, 0.15) is 5.82 Å². The van der Waals surface area contributed by atoms with Gasteiger partial charge >= 0.3 is 0 Å². The van der Waals surface area contributed by atoms with Crippen LogP contribution in [0.25, 0.3) is 0 Å². The van der Waals surface area contributed by atoms with Gasteiger partial charge in [0, 0.05) is 48.1 Å². The fourth-order valence-corrected chi connectivity index (χ4v) is 4.92. The van der Waals surface area contributed by atoms with Gasteiger partial charge in [-0.3, -0.25) is 9.69 Å². The number of hydrogen-bond acceptors (Lipinski definition) is 3. The minimum absolute atomic E-state index is 0.0580. The maximum absolute atomic E-state index is 13.3. The number of halogens is 1. The highest BCUT2D eigenvalue weighted by Crippen LogP contribution is 2.42. The topological polar surface area (TPSA) is 43.8 Å². The Balaban J connectivity index is 1.55.